The van der Waals surface area contributed by atoms with E-state index in [1.165, 1.54) is 0 Å². The zero-order valence-electron chi connectivity index (χ0n) is 18.1. The summed E-state index contributed by atoms with van der Waals surface area (Å²) in [5.74, 6) is -1.11. The molecule has 0 radical (unpaired) electrons. The standard InChI is InChI=1S/C24H24F3N3O3/c1-16-2-4-17(5-3-16)20-21(29-12-10-28(11-13-29)14-15-31)23(33)30(22(20)32)19-8-6-18(7-9-19)24(25,26)27/h2-9,31H,10-15H2,1H3. The van der Waals surface area contributed by atoms with E-state index >= 15 is 0 Å². The Kier molecular flexibility index (Phi) is 6.27. The number of β-amino-alcohol motifs (C(OH)–C–C–N with tert-alkyl or cyclic N) is 1. The number of anilines is 1. The van der Waals surface area contributed by atoms with E-state index in [9.17, 15) is 27.9 Å². The molecule has 6 nitrogen and oxygen atoms in total. The maximum atomic E-state index is 13.5. The lowest BCUT2D eigenvalue weighted by Crippen LogP contribution is -2.48. The number of hydrogen-bond acceptors (Lipinski definition) is 5. The van der Waals surface area contributed by atoms with Crippen molar-refractivity contribution in [2.24, 2.45) is 0 Å². The summed E-state index contributed by atoms with van der Waals surface area (Å²) < 4.78 is 38.9. The third-order valence-electron chi connectivity index (χ3n) is 5.96. The van der Waals surface area contributed by atoms with Gasteiger partial charge in [0, 0.05) is 32.7 Å². The summed E-state index contributed by atoms with van der Waals surface area (Å²) in [7, 11) is 0. The summed E-state index contributed by atoms with van der Waals surface area (Å²) in [5.41, 5.74) is 1.33. The summed E-state index contributed by atoms with van der Waals surface area (Å²) in [6.07, 6.45) is -4.51. The van der Waals surface area contributed by atoms with Crippen LogP contribution >= 0.6 is 0 Å². The van der Waals surface area contributed by atoms with Crippen LogP contribution in [0.2, 0.25) is 0 Å². The minimum atomic E-state index is -4.51. The van der Waals surface area contributed by atoms with Crippen LogP contribution in [0.1, 0.15) is 16.7 Å². The van der Waals surface area contributed by atoms with Gasteiger partial charge in [0.25, 0.3) is 11.8 Å². The van der Waals surface area contributed by atoms with E-state index in [-0.39, 0.29) is 23.6 Å². The first-order valence-electron chi connectivity index (χ1n) is 10.7. The fraction of sp³-hybridized carbons (Fsp3) is 0.333. The number of benzene rings is 2. The van der Waals surface area contributed by atoms with E-state index in [2.05, 4.69) is 4.90 Å². The lowest BCUT2D eigenvalue weighted by atomic mass is 10.0. The van der Waals surface area contributed by atoms with Crippen LogP contribution in [-0.4, -0.2) is 66.1 Å². The maximum absolute atomic E-state index is 13.5. The van der Waals surface area contributed by atoms with E-state index in [0.717, 1.165) is 34.7 Å². The highest BCUT2D eigenvalue weighted by atomic mass is 19.4. The van der Waals surface area contributed by atoms with E-state index < -0.39 is 23.6 Å². The monoisotopic (exact) mass is 459 g/mol. The smallest absolute Gasteiger partial charge is 0.395 e. The first-order valence-corrected chi connectivity index (χ1v) is 10.7. The number of amides is 2. The Morgan fingerprint density at radius 1 is 0.879 bits per heavy atom. The number of aliphatic hydroxyl groups excluding tert-OH is 1. The lowest BCUT2D eigenvalue weighted by molar-refractivity contribution is -0.137. The van der Waals surface area contributed by atoms with Gasteiger partial charge in [-0.1, -0.05) is 29.8 Å². The SMILES string of the molecule is Cc1ccc(C2=C(N3CCN(CCO)CC3)C(=O)N(c3ccc(C(F)(F)F)cc3)C2=O)cc1. The van der Waals surface area contributed by atoms with Gasteiger partial charge in [0.05, 0.1) is 23.4 Å². The number of imide groups is 1. The fourth-order valence-electron chi connectivity index (χ4n) is 4.16. The van der Waals surface area contributed by atoms with Crippen molar-refractivity contribution < 1.29 is 27.9 Å². The van der Waals surface area contributed by atoms with Gasteiger partial charge in [-0.3, -0.25) is 14.5 Å². The van der Waals surface area contributed by atoms with Crippen LogP contribution in [0.15, 0.2) is 54.2 Å². The highest BCUT2D eigenvalue weighted by Gasteiger charge is 2.43. The van der Waals surface area contributed by atoms with Crippen LogP contribution in [-0.2, 0) is 15.8 Å². The highest BCUT2D eigenvalue weighted by Crippen LogP contribution is 2.37. The quantitative estimate of drug-likeness (QED) is 0.697. The van der Waals surface area contributed by atoms with Gasteiger partial charge in [0.2, 0.25) is 0 Å². The van der Waals surface area contributed by atoms with Gasteiger partial charge in [0.15, 0.2) is 0 Å². The summed E-state index contributed by atoms with van der Waals surface area (Å²) in [6, 6.07) is 11.3. The summed E-state index contributed by atoms with van der Waals surface area (Å²) >= 11 is 0. The van der Waals surface area contributed by atoms with Gasteiger partial charge in [-0.05, 0) is 36.8 Å². The number of halogens is 3. The average Bonchev–Trinajstić information content (AvgIpc) is 3.04. The molecule has 0 aliphatic carbocycles. The number of alkyl halides is 3. The second-order valence-corrected chi connectivity index (χ2v) is 8.13. The number of aryl methyl sites for hydroxylation is 1. The molecule has 1 N–H and O–H groups in total. The molecule has 0 aromatic heterocycles. The van der Waals surface area contributed by atoms with Gasteiger partial charge in [0.1, 0.15) is 5.70 Å². The first kappa shape index (κ1) is 23.0. The number of rotatable bonds is 5. The van der Waals surface area contributed by atoms with Crippen molar-refractivity contribution in [3.8, 4) is 0 Å². The van der Waals surface area contributed by atoms with Gasteiger partial charge in [-0.2, -0.15) is 13.2 Å². The Morgan fingerprint density at radius 2 is 1.48 bits per heavy atom. The van der Waals surface area contributed by atoms with Crippen LogP contribution < -0.4 is 4.90 Å². The Balaban J connectivity index is 1.71. The molecule has 2 amide bonds. The second kappa shape index (κ2) is 8.99. The van der Waals surface area contributed by atoms with Crippen molar-refractivity contribution in [3.63, 3.8) is 0 Å². The Bertz CT molecular complexity index is 1070. The Labute approximate surface area is 189 Å². The van der Waals surface area contributed by atoms with Gasteiger partial charge in [-0.15, -0.1) is 0 Å². The summed E-state index contributed by atoms with van der Waals surface area (Å²) in [6.45, 7) is 4.70. The number of piperazine rings is 1. The van der Waals surface area contributed by atoms with Crippen LogP contribution in [0.25, 0.3) is 5.57 Å². The van der Waals surface area contributed by atoms with Gasteiger partial charge >= 0.3 is 6.18 Å². The van der Waals surface area contributed by atoms with E-state index in [4.69, 9.17) is 0 Å². The Morgan fingerprint density at radius 3 is 2.03 bits per heavy atom. The predicted molar refractivity (Wildman–Crippen MR) is 117 cm³/mol. The normalized spacial score (nSPS) is 18.0. The number of carbonyl (C=O) groups is 2. The zero-order chi connectivity index (χ0) is 23.8. The van der Waals surface area contributed by atoms with Crippen LogP contribution in [0, 0.1) is 6.92 Å². The number of hydrogen-bond donors (Lipinski definition) is 1. The minimum absolute atomic E-state index is 0.0381. The summed E-state index contributed by atoms with van der Waals surface area (Å²) in [4.78, 5) is 31.8. The molecule has 33 heavy (non-hydrogen) atoms. The average molecular weight is 459 g/mol. The molecule has 174 valence electrons. The fourth-order valence-corrected chi connectivity index (χ4v) is 4.16. The first-order chi connectivity index (χ1) is 15.7. The number of aliphatic hydroxyl groups is 1. The lowest BCUT2D eigenvalue weighted by Gasteiger charge is -2.36. The molecule has 0 spiro atoms. The van der Waals surface area contributed by atoms with Crippen molar-refractivity contribution in [2.75, 3.05) is 44.2 Å². The van der Waals surface area contributed by atoms with E-state index in [1.807, 2.05) is 24.0 Å². The molecule has 0 saturated carbocycles. The van der Waals surface area contributed by atoms with Gasteiger partial charge in [-0.25, -0.2) is 4.90 Å². The summed E-state index contributed by atoms with van der Waals surface area (Å²) in [5, 5.41) is 9.18. The van der Waals surface area contributed by atoms with Crippen molar-refractivity contribution in [2.45, 2.75) is 13.1 Å². The molecule has 2 heterocycles. The number of nitrogens with zero attached hydrogens (tertiary/aromatic N) is 3. The number of carbonyl (C=O) groups excluding carboxylic acids is 2. The van der Waals surface area contributed by atoms with Gasteiger partial charge < -0.3 is 10.0 Å². The second-order valence-electron chi connectivity index (χ2n) is 8.13. The third-order valence-corrected chi connectivity index (χ3v) is 5.96. The molecule has 0 atom stereocenters. The molecule has 1 saturated heterocycles. The molecular weight excluding hydrogens is 435 g/mol. The maximum Gasteiger partial charge on any atom is 0.416 e. The molecule has 0 unspecified atom stereocenters. The van der Waals surface area contributed by atoms with Crippen LogP contribution in [0.4, 0.5) is 18.9 Å². The third kappa shape index (κ3) is 4.51. The zero-order valence-corrected chi connectivity index (χ0v) is 18.1. The molecular formula is C24H24F3N3O3. The van der Waals surface area contributed by atoms with Crippen LogP contribution in [0.5, 0.6) is 0 Å². The highest BCUT2D eigenvalue weighted by molar-refractivity contribution is 6.45. The largest absolute Gasteiger partial charge is 0.416 e. The molecule has 2 aliphatic rings. The van der Waals surface area contributed by atoms with E-state index in [1.54, 1.807) is 12.1 Å². The van der Waals surface area contributed by atoms with Crippen molar-refractivity contribution in [3.05, 3.63) is 70.9 Å². The molecule has 2 aromatic rings. The molecule has 2 aliphatic heterocycles. The molecule has 2 aromatic carbocycles. The van der Waals surface area contributed by atoms with Crippen molar-refractivity contribution >= 4 is 23.1 Å². The molecule has 4 rings (SSSR count). The topological polar surface area (TPSA) is 64.1 Å². The van der Waals surface area contributed by atoms with Crippen molar-refractivity contribution in [1.29, 1.82) is 0 Å². The minimum Gasteiger partial charge on any atom is -0.395 e. The predicted octanol–water partition coefficient (Wildman–Crippen LogP) is 2.91. The molecule has 9 heteroatoms. The molecule has 0 bridgehead atoms. The van der Waals surface area contributed by atoms with Crippen LogP contribution in [0.3, 0.4) is 0 Å². The Hall–Kier alpha value is -3.17. The van der Waals surface area contributed by atoms with E-state index in [0.29, 0.717) is 38.3 Å². The molecule has 1 fully saturated rings. The van der Waals surface area contributed by atoms with Crippen molar-refractivity contribution in [1.82, 2.24) is 9.80 Å².